The van der Waals surface area contributed by atoms with Crippen LogP contribution in [0.1, 0.15) is 17.0 Å². The molecular formula is C15H10FNO. The van der Waals surface area contributed by atoms with E-state index in [9.17, 15) is 9.18 Å². The molecule has 2 nitrogen and oxygen atoms in total. The first-order chi connectivity index (χ1) is 8.81. The van der Waals surface area contributed by atoms with Crippen LogP contribution in [-0.2, 0) is 4.79 Å². The maximum Gasteiger partial charge on any atom is 0.133 e. The highest BCUT2D eigenvalue weighted by Gasteiger charge is 2.28. The number of nitrogens with zero attached hydrogens (tertiary/aromatic N) is 1. The molecule has 0 saturated carbocycles. The molecule has 0 saturated heterocycles. The van der Waals surface area contributed by atoms with Crippen LogP contribution in [0, 0.1) is 5.82 Å². The standard InChI is InChI=1S/C15H10FNO/c16-13-7-3-1-6-11(13)15-12(9-18)10-5-2-4-8-14(10)17-15/h1-9,12H. The van der Waals surface area contributed by atoms with Crippen LogP contribution < -0.4 is 0 Å². The smallest absolute Gasteiger partial charge is 0.133 e. The summed E-state index contributed by atoms with van der Waals surface area (Å²) in [6, 6.07) is 13.8. The summed E-state index contributed by atoms with van der Waals surface area (Å²) in [6.07, 6.45) is 0.817. The molecule has 0 bridgehead atoms. The van der Waals surface area contributed by atoms with Crippen LogP contribution in [0.2, 0.25) is 0 Å². The van der Waals surface area contributed by atoms with Gasteiger partial charge in [-0.3, -0.25) is 4.99 Å². The number of fused-ring (bicyclic) bond motifs is 1. The van der Waals surface area contributed by atoms with Gasteiger partial charge in [-0.25, -0.2) is 4.39 Å². The fraction of sp³-hybridized carbons (Fsp3) is 0.0667. The Hall–Kier alpha value is -2.29. The van der Waals surface area contributed by atoms with Crippen molar-refractivity contribution in [3.63, 3.8) is 0 Å². The van der Waals surface area contributed by atoms with Gasteiger partial charge in [0.15, 0.2) is 0 Å². The van der Waals surface area contributed by atoms with Crippen molar-refractivity contribution in [1.82, 2.24) is 0 Å². The number of carbonyl (C=O) groups is 1. The third-order valence-corrected chi connectivity index (χ3v) is 3.09. The lowest BCUT2D eigenvalue weighted by atomic mass is 9.93. The molecule has 18 heavy (non-hydrogen) atoms. The molecule has 0 aliphatic carbocycles. The van der Waals surface area contributed by atoms with Gasteiger partial charge in [0, 0.05) is 5.56 Å². The number of rotatable bonds is 2. The van der Waals surface area contributed by atoms with Crippen LogP contribution in [0.4, 0.5) is 10.1 Å². The Labute approximate surface area is 104 Å². The minimum atomic E-state index is -0.474. The molecule has 2 aromatic carbocycles. The third kappa shape index (κ3) is 1.56. The molecule has 1 aliphatic heterocycles. The monoisotopic (exact) mass is 239 g/mol. The van der Waals surface area contributed by atoms with Gasteiger partial charge in [0.25, 0.3) is 0 Å². The van der Waals surface area contributed by atoms with Crippen LogP contribution in [-0.4, -0.2) is 12.0 Å². The normalized spacial score (nSPS) is 17.2. The Balaban J connectivity index is 2.16. The minimum absolute atomic E-state index is 0.351. The number of halogens is 1. The van der Waals surface area contributed by atoms with Crippen molar-refractivity contribution in [2.24, 2.45) is 4.99 Å². The maximum absolute atomic E-state index is 13.8. The van der Waals surface area contributed by atoms with E-state index in [1.165, 1.54) is 6.07 Å². The third-order valence-electron chi connectivity index (χ3n) is 3.09. The number of carbonyl (C=O) groups excluding carboxylic acids is 1. The molecule has 0 amide bonds. The molecule has 1 aliphatic rings. The van der Waals surface area contributed by atoms with E-state index in [0.29, 0.717) is 11.3 Å². The largest absolute Gasteiger partial charge is 0.302 e. The van der Waals surface area contributed by atoms with Gasteiger partial charge in [-0.05, 0) is 17.7 Å². The van der Waals surface area contributed by atoms with Gasteiger partial charge in [0.05, 0.1) is 17.3 Å². The highest BCUT2D eigenvalue weighted by Crippen LogP contribution is 2.36. The van der Waals surface area contributed by atoms with Crippen molar-refractivity contribution in [3.05, 3.63) is 65.5 Å². The molecule has 0 fully saturated rings. The molecule has 3 rings (SSSR count). The van der Waals surface area contributed by atoms with E-state index in [4.69, 9.17) is 0 Å². The Kier molecular flexibility index (Phi) is 2.52. The van der Waals surface area contributed by atoms with Crippen molar-refractivity contribution in [2.75, 3.05) is 0 Å². The lowest BCUT2D eigenvalue weighted by Crippen LogP contribution is -2.12. The van der Waals surface area contributed by atoms with E-state index in [1.54, 1.807) is 18.2 Å². The van der Waals surface area contributed by atoms with Gasteiger partial charge >= 0.3 is 0 Å². The van der Waals surface area contributed by atoms with Crippen molar-refractivity contribution in [1.29, 1.82) is 0 Å². The van der Waals surface area contributed by atoms with Gasteiger partial charge in [-0.2, -0.15) is 0 Å². The first-order valence-electron chi connectivity index (χ1n) is 5.69. The minimum Gasteiger partial charge on any atom is -0.302 e. The average Bonchev–Trinajstić information content (AvgIpc) is 2.77. The average molecular weight is 239 g/mol. The summed E-state index contributed by atoms with van der Waals surface area (Å²) in [5, 5.41) is 0. The molecule has 1 atom stereocenters. The highest BCUT2D eigenvalue weighted by atomic mass is 19.1. The molecule has 1 heterocycles. The Morgan fingerprint density at radius 1 is 1.06 bits per heavy atom. The molecule has 0 N–H and O–H groups in total. The molecule has 2 aromatic rings. The summed E-state index contributed by atoms with van der Waals surface area (Å²) in [6.45, 7) is 0. The van der Waals surface area contributed by atoms with E-state index in [2.05, 4.69) is 4.99 Å². The van der Waals surface area contributed by atoms with Crippen LogP contribution in [0.3, 0.4) is 0 Å². The van der Waals surface area contributed by atoms with Crippen LogP contribution >= 0.6 is 0 Å². The van der Waals surface area contributed by atoms with E-state index in [0.717, 1.165) is 17.5 Å². The van der Waals surface area contributed by atoms with Crippen LogP contribution in [0.5, 0.6) is 0 Å². The molecule has 0 spiro atoms. The quantitative estimate of drug-likeness (QED) is 0.740. The van der Waals surface area contributed by atoms with Crippen molar-refractivity contribution in [3.8, 4) is 0 Å². The SMILES string of the molecule is O=CC1C(c2ccccc2F)=Nc2ccccc21. The fourth-order valence-electron chi connectivity index (χ4n) is 2.23. The summed E-state index contributed by atoms with van der Waals surface area (Å²) in [4.78, 5) is 15.6. The van der Waals surface area contributed by atoms with Crippen molar-refractivity contribution < 1.29 is 9.18 Å². The predicted octanol–water partition coefficient (Wildman–Crippen LogP) is 3.24. The highest BCUT2D eigenvalue weighted by molar-refractivity contribution is 6.17. The summed E-state index contributed by atoms with van der Waals surface area (Å²) in [7, 11) is 0. The molecule has 3 heteroatoms. The molecule has 0 radical (unpaired) electrons. The number of hydrogen-bond donors (Lipinski definition) is 0. The molecule has 88 valence electrons. The lowest BCUT2D eigenvalue weighted by molar-refractivity contribution is -0.107. The second-order valence-electron chi connectivity index (χ2n) is 4.15. The maximum atomic E-state index is 13.8. The van der Waals surface area contributed by atoms with Gasteiger partial charge in [-0.15, -0.1) is 0 Å². The second-order valence-corrected chi connectivity index (χ2v) is 4.15. The number of benzene rings is 2. The first-order valence-corrected chi connectivity index (χ1v) is 5.69. The Morgan fingerprint density at radius 2 is 1.78 bits per heavy atom. The predicted molar refractivity (Wildman–Crippen MR) is 67.8 cm³/mol. The fourth-order valence-corrected chi connectivity index (χ4v) is 2.23. The number of para-hydroxylation sites is 1. The lowest BCUT2D eigenvalue weighted by Gasteiger charge is -2.08. The van der Waals surface area contributed by atoms with Crippen LogP contribution in [0.25, 0.3) is 0 Å². The zero-order valence-corrected chi connectivity index (χ0v) is 9.51. The summed E-state index contributed by atoms with van der Waals surface area (Å²) in [5.74, 6) is -0.825. The van der Waals surface area contributed by atoms with Gasteiger partial charge in [0.2, 0.25) is 0 Å². The molecular weight excluding hydrogens is 229 g/mol. The summed E-state index contributed by atoms with van der Waals surface area (Å²) in [5.41, 5.74) is 2.47. The number of hydrogen-bond acceptors (Lipinski definition) is 2. The van der Waals surface area contributed by atoms with Crippen molar-refractivity contribution >= 4 is 17.7 Å². The van der Waals surface area contributed by atoms with Gasteiger partial charge < -0.3 is 4.79 Å². The number of aliphatic imine (C=N–C) groups is 1. The first kappa shape index (κ1) is 10.8. The molecule has 0 aromatic heterocycles. The zero-order chi connectivity index (χ0) is 12.5. The Morgan fingerprint density at radius 3 is 2.56 bits per heavy atom. The van der Waals surface area contributed by atoms with E-state index in [1.807, 2.05) is 24.3 Å². The van der Waals surface area contributed by atoms with E-state index < -0.39 is 5.92 Å². The van der Waals surface area contributed by atoms with E-state index >= 15 is 0 Å². The van der Waals surface area contributed by atoms with E-state index in [-0.39, 0.29) is 5.82 Å². The van der Waals surface area contributed by atoms with Crippen LogP contribution in [0.15, 0.2) is 53.5 Å². The summed E-state index contributed by atoms with van der Waals surface area (Å²) < 4.78 is 13.8. The van der Waals surface area contributed by atoms with Gasteiger partial charge in [-0.1, -0.05) is 36.4 Å². The summed E-state index contributed by atoms with van der Waals surface area (Å²) >= 11 is 0. The van der Waals surface area contributed by atoms with Crippen molar-refractivity contribution in [2.45, 2.75) is 5.92 Å². The second kappa shape index (κ2) is 4.18. The zero-order valence-electron chi connectivity index (χ0n) is 9.51. The Bertz CT molecular complexity index is 648. The molecule has 1 unspecified atom stereocenters. The number of aldehydes is 1. The topological polar surface area (TPSA) is 29.4 Å². The van der Waals surface area contributed by atoms with Gasteiger partial charge in [0.1, 0.15) is 12.1 Å².